The van der Waals surface area contributed by atoms with Crippen molar-refractivity contribution in [3.63, 3.8) is 0 Å². The Morgan fingerprint density at radius 3 is 2.45 bits per heavy atom. The van der Waals surface area contributed by atoms with E-state index >= 15 is 0 Å². The van der Waals surface area contributed by atoms with Gasteiger partial charge in [-0.15, -0.1) is 0 Å². The van der Waals surface area contributed by atoms with Crippen LogP contribution in [0.1, 0.15) is 18.1 Å². The van der Waals surface area contributed by atoms with Crippen molar-refractivity contribution in [2.75, 3.05) is 7.11 Å². The SMILES string of the molecule is COc1cccc(C(C)(O)Cc2ccc(Cl)cc2)c1F. The molecule has 0 amide bonds. The second-order valence-corrected chi connectivity index (χ2v) is 5.34. The highest BCUT2D eigenvalue weighted by Crippen LogP contribution is 2.31. The van der Waals surface area contributed by atoms with Gasteiger partial charge in [0.25, 0.3) is 0 Å². The monoisotopic (exact) mass is 294 g/mol. The van der Waals surface area contributed by atoms with Gasteiger partial charge in [-0.2, -0.15) is 0 Å². The number of halogens is 2. The molecular formula is C16H16ClFO2. The topological polar surface area (TPSA) is 29.5 Å². The highest BCUT2D eigenvalue weighted by molar-refractivity contribution is 6.30. The zero-order valence-electron chi connectivity index (χ0n) is 11.4. The lowest BCUT2D eigenvalue weighted by atomic mass is 9.88. The van der Waals surface area contributed by atoms with Crippen molar-refractivity contribution >= 4 is 11.6 Å². The molecule has 0 bridgehead atoms. The summed E-state index contributed by atoms with van der Waals surface area (Å²) >= 11 is 5.83. The minimum atomic E-state index is -1.33. The van der Waals surface area contributed by atoms with Gasteiger partial charge < -0.3 is 9.84 Å². The first-order valence-corrected chi connectivity index (χ1v) is 6.61. The van der Waals surface area contributed by atoms with Crippen molar-refractivity contribution in [2.45, 2.75) is 18.9 Å². The number of hydrogen-bond acceptors (Lipinski definition) is 2. The second kappa shape index (κ2) is 5.81. The molecule has 2 rings (SSSR count). The van der Waals surface area contributed by atoms with Gasteiger partial charge in [-0.3, -0.25) is 0 Å². The third-order valence-corrected chi connectivity index (χ3v) is 3.48. The number of rotatable bonds is 4. The maximum atomic E-state index is 14.2. The van der Waals surface area contributed by atoms with Crippen LogP contribution in [0.25, 0.3) is 0 Å². The van der Waals surface area contributed by atoms with Crippen LogP contribution in [0.2, 0.25) is 5.02 Å². The zero-order valence-corrected chi connectivity index (χ0v) is 12.1. The van der Waals surface area contributed by atoms with Crippen molar-refractivity contribution in [1.82, 2.24) is 0 Å². The molecule has 1 N–H and O–H groups in total. The molecule has 1 unspecified atom stereocenters. The van der Waals surface area contributed by atoms with Crippen LogP contribution in [-0.4, -0.2) is 12.2 Å². The Labute approximate surface area is 122 Å². The molecule has 106 valence electrons. The molecule has 0 aliphatic carbocycles. The van der Waals surface area contributed by atoms with E-state index in [-0.39, 0.29) is 17.7 Å². The number of aliphatic hydroxyl groups is 1. The fraction of sp³-hybridized carbons (Fsp3) is 0.250. The molecule has 2 aromatic carbocycles. The lowest BCUT2D eigenvalue weighted by Crippen LogP contribution is -2.26. The minimum absolute atomic E-state index is 0.124. The first-order chi connectivity index (χ1) is 9.44. The molecule has 0 aliphatic rings. The van der Waals surface area contributed by atoms with Gasteiger partial charge in [0.15, 0.2) is 11.6 Å². The Morgan fingerprint density at radius 1 is 1.20 bits per heavy atom. The Hall–Kier alpha value is -1.58. The summed E-state index contributed by atoms with van der Waals surface area (Å²) in [7, 11) is 1.40. The van der Waals surface area contributed by atoms with E-state index in [0.29, 0.717) is 5.02 Å². The smallest absolute Gasteiger partial charge is 0.171 e. The number of hydrogen-bond donors (Lipinski definition) is 1. The Balaban J connectivity index is 2.32. The van der Waals surface area contributed by atoms with E-state index in [0.717, 1.165) is 5.56 Å². The average Bonchev–Trinajstić information content (AvgIpc) is 2.41. The molecule has 0 aromatic heterocycles. The molecule has 0 saturated heterocycles. The molecule has 2 aromatic rings. The molecule has 0 heterocycles. The van der Waals surface area contributed by atoms with Crippen LogP contribution in [0.4, 0.5) is 4.39 Å². The normalized spacial score (nSPS) is 13.8. The van der Waals surface area contributed by atoms with Crippen LogP contribution < -0.4 is 4.74 Å². The maximum Gasteiger partial charge on any atom is 0.171 e. The van der Waals surface area contributed by atoms with E-state index in [9.17, 15) is 9.50 Å². The summed E-state index contributed by atoms with van der Waals surface area (Å²) in [6, 6.07) is 11.9. The van der Waals surface area contributed by atoms with Crippen molar-refractivity contribution < 1.29 is 14.2 Å². The van der Waals surface area contributed by atoms with Crippen LogP contribution in [0.15, 0.2) is 42.5 Å². The predicted molar refractivity (Wildman–Crippen MR) is 77.7 cm³/mol. The molecule has 2 nitrogen and oxygen atoms in total. The van der Waals surface area contributed by atoms with Crippen LogP contribution in [-0.2, 0) is 12.0 Å². The van der Waals surface area contributed by atoms with Gasteiger partial charge in [0.1, 0.15) is 0 Å². The molecule has 0 spiro atoms. The Bertz CT molecular complexity index is 594. The number of methoxy groups -OCH3 is 1. The lowest BCUT2D eigenvalue weighted by Gasteiger charge is -2.25. The quantitative estimate of drug-likeness (QED) is 0.925. The Kier molecular flexibility index (Phi) is 4.31. The van der Waals surface area contributed by atoms with Crippen LogP contribution in [0.3, 0.4) is 0 Å². The maximum absolute atomic E-state index is 14.2. The van der Waals surface area contributed by atoms with Gasteiger partial charge >= 0.3 is 0 Å². The van der Waals surface area contributed by atoms with Gasteiger partial charge in [-0.05, 0) is 30.7 Å². The summed E-state index contributed by atoms with van der Waals surface area (Å²) in [6.07, 6.45) is 0.286. The fourth-order valence-corrected chi connectivity index (χ4v) is 2.31. The Morgan fingerprint density at radius 2 is 1.85 bits per heavy atom. The van der Waals surface area contributed by atoms with Crippen LogP contribution in [0, 0.1) is 5.82 Å². The summed E-state index contributed by atoms with van der Waals surface area (Å²) in [4.78, 5) is 0. The van der Waals surface area contributed by atoms with E-state index in [4.69, 9.17) is 16.3 Å². The summed E-state index contributed by atoms with van der Waals surface area (Å²) in [6.45, 7) is 1.58. The molecule has 20 heavy (non-hydrogen) atoms. The summed E-state index contributed by atoms with van der Waals surface area (Å²) in [5.74, 6) is -0.409. The molecule has 0 fully saturated rings. The van der Waals surface area contributed by atoms with Gasteiger partial charge in [-0.25, -0.2) is 4.39 Å². The third-order valence-electron chi connectivity index (χ3n) is 3.23. The van der Waals surface area contributed by atoms with Crippen molar-refractivity contribution in [2.24, 2.45) is 0 Å². The molecule has 0 aliphatic heterocycles. The molecule has 4 heteroatoms. The molecule has 0 radical (unpaired) electrons. The fourth-order valence-electron chi connectivity index (χ4n) is 2.18. The largest absolute Gasteiger partial charge is 0.494 e. The molecule has 0 saturated carbocycles. The average molecular weight is 295 g/mol. The predicted octanol–water partition coefficient (Wildman–Crippen LogP) is 3.94. The second-order valence-electron chi connectivity index (χ2n) is 4.90. The van der Waals surface area contributed by atoms with Gasteiger partial charge in [0, 0.05) is 17.0 Å². The summed E-state index contributed by atoms with van der Waals surface area (Å²) in [5.41, 5.74) is -0.236. The van der Waals surface area contributed by atoms with E-state index < -0.39 is 11.4 Å². The van der Waals surface area contributed by atoms with Crippen LogP contribution in [0.5, 0.6) is 5.75 Å². The number of benzene rings is 2. The summed E-state index contributed by atoms with van der Waals surface area (Å²) < 4.78 is 19.2. The zero-order chi connectivity index (χ0) is 14.8. The number of ether oxygens (including phenoxy) is 1. The van der Waals surface area contributed by atoms with Crippen molar-refractivity contribution in [3.05, 3.63) is 64.4 Å². The highest BCUT2D eigenvalue weighted by Gasteiger charge is 2.28. The van der Waals surface area contributed by atoms with Gasteiger partial charge in [0.2, 0.25) is 0 Å². The van der Waals surface area contributed by atoms with Gasteiger partial charge in [0.05, 0.1) is 12.7 Å². The first-order valence-electron chi connectivity index (χ1n) is 6.24. The van der Waals surface area contributed by atoms with Crippen molar-refractivity contribution in [3.8, 4) is 5.75 Å². The van der Waals surface area contributed by atoms with Crippen molar-refractivity contribution in [1.29, 1.82) is 0 Å². The van der Waals surface area contributed by atoms with E-state index in [1.165, 1.54) is 13.2 Å². The standard InChI is InChI=1S/C16H16ClFO2/c1-16(19,10-11-6-8-12(17)9-7-11)13-4-3-5-14(20-2)15(13)18/h3-9,19H,10H2,1-2H3. The van der Waals surface area contributed by atoms with E-state index in [1.54, 1.807) is 31.2 Å². The minimum Gasteiger partial charge on any atom is -0.494 e. The van der Waals surface area contributed by atoms with E-state index in [2.05, 4.69) is 0 Å². The highest BCUT2D eigenvalue weighted by atomic mass is 35.5. The molecular weight excluding hydrogens is 279 g/mol. The summed E-state index contributed by atoms with van der Waals surface area (Å²) in [5, 5.41) is 11.2. The molecule has 1 atom stereocenters. The lowest BCUT2D eigenvalue weighted by molar-refractivity contribution is 0.0533. The van der Waals surface area contributed by atoms with Gasteiger partial charge in [-0.1, -0.05) is 35.9 Å². The van der Waals surface area contributed by atoms with Crippen LogP contribution >= 0.6 is 11.6 Å². The first kappa shape index (κ1) is 14.8. The van der Waals surface area contributed by atoms with E-state index in [1.807, 2.05) is 12.1 Å². The third kappa shape index (κ3) is 3.11.